The van der Waals surface area contributed by atoms with Gasteiger partial charge >= 0.3 is 0 Å². The number of amides is 1. The minimum absolute atomic E-state index is 0.0224. The SMILES string of the molecule is CCCN(CCC)C(=O)Cc1c(C)nc(-c2ccncc2)[nH]c1=O. The van der Waals surface area contributed by atoms with Crippen LogP contribution in [0.5, 0.6) is 0 Å². The molecular weight excluding hydrogens is 304 g/mol. The molecular formula is C18H24N4O2. The van der Waals surface area contributed by atoms with Crippen molar-refractivity contribution in [1.29, 1.82) is 0 Å². The smallest absolute Gasteiger partial charge is 0.255 e. The number of hydrogen-bond acceptors (Lipinski definition) is 4. The second kappa shape index (κ2) is 8.38. The molecule has 128 valence electrons. The molecule has 1 amide bonds. The molecule has 2 rings (SSSR count). The van der Waals surface area contributed by atoms with Crippen LogP contribution in [0.2, 0.25) is 0 Å². The van der Waals surface area contributed by atoms with E-state index in [0.717, 1.165) is 18.4 Å². The third kappa shape index (κ3) is 4.28. The highest BCUT2D eigenvalue weighted by Gasteiger charge is 2.17. The zero-order valence-corrected chi connectivity index (χ0v) is 14.5. The Bertz CT molecular complexity index is 734. The highest BCUT2D eigenvalue weighted by Crippen LogP contribution is 2.13. The number of aromatic nitrogens is 3. The van der Waals surface area contributed by atoms with Crippen LogP contribution in [0, 0.1) is 6.92 Å². The Hall–Kier alpha value is -2.50. The number of rotatable bonds is 7. The molecule has 0 aliphatic carbocycles. The van der Waals surface area contributed by atoms with Gasteiger partial charge in [-0.1, -0.05) is 13.8 Å². The summed E-state index contributed by atoms with van der Waals surface area (Å²) in [5, 5.41) is 0. The molecule has 0 unspecified atom stereocenters. The van der Waals surface area contributed by atoms with Gasteiger partial charge in [-0.15, -0.1) is 0 Å². The van der Waals surface area contributed by atoms with Crippen molar-refractivity contribution in [1.82, 2.24) is 19.9 Å². The summed E-state index contributed by atoms with van der Waals surface area (Å²) in [5.74, 6) is 0.473. The summed E-state index contributed by atoms with van der Waals surface area (Å²) >= 11 is 0. The lowest BCUT2D eigenvalue weighted by Gasteiger charge is -2.21. The first-order valence-corrected chi connectivity index (χ1v) is 8.34. The normalized spacial score (nSPS) is 10.6. The number of aromatic amines is 1. The lowest BCUT2D eigenvalue weighted by Crippen LogP contribution is -2.35. The van der Waals surface area contributed by atoms with Crippen LogP contribution < -0.4 is 5.56 Å². The Morgan fingerprint density at radius 2 is 1.79 bits per heavy atom. The van der Waals surface area contributed by atoms with E-state index in [9.17, 15) is 9.59 Å². The van der Waals surface area contributed by atoms with Crippen molar-refractivity contribution in [3.8, 4) is 11.4 Å². The topological polar surface area (TPSA) is 79.0 Å². The first-order valence-electron chi connectivity index (χ1n) is 8.34. The van der Waals surface area contributed by atoms with Crippen molar-refractivity contribution in [3.63, 3.8) is 0 Å². The minimum atomic E-state index is -0.254. The molecule has 6 nitrogen and oxygen atoms in total. The third-order valence-electron chi connectivity index (χ3n) is 3.84. The number of pyridine rings is 1. The van der Waals surface area contributed by atoms with Gasteiger partial charge in [-0.05, 0) is 31.9 Å². The van der Waals surface area contributed by atoms with Crippen molar-refractivity contribution in [2.24, 2.45) is 0 Å². The second-order valence-electron chi connectivity index (χ2n) is 5.77. The standard InChI is InChI=1S/C18H24N4O2/c1-4-10-22(11-5-2)16(23)12-15-13(3)20-17(21-18(15)24)14-6-8-19-9-7-14/h6-9H,4-5,10-12H2,1-3H3,(H,20,21,24). The molecule has 0 atom stereocenters. The number of hydrogen-bond donors (Lipinski definition) is 1. The van der Waals surface area contributed by atoms with Crippen molar-refractivity contribution >= 4 is 5.91 Å². The Balaban J connectivity index is 2.25. The van der Waals surface area contributed by atoms with Gasteiger partial charge in [-0.3, -0.25) is 14.6 Å². The van der Waals surface area contributed by atoms with Gasteiger partial charge in [-0.2, -0.15) is 0 Å². The monoisotopic (exact) mass is 328 g/mol. The van der Waals surface area contributed by atoms with Crippen LogP contribution in [0.3, 0.4) is 0 Å². The maximum atomic E-state index is 12.5. The van der Waals surface area contributed by atoms with E-state index in [2.05, 4.69) is 15.0 Å². The average Bonchev–Trinajstić information content (AvgIpc) is 2.58. The molecule has 0 aromatic carbocycles. The van der Waals surface area contributed by atoms with E-state index in [1.807, 2.05) is 18.7 Å². The summed E-state index contributed by atoms with van der Waals surface area (Å²) in [5.41, 5.74) is 1.57. The summed E-state index contributed by atoms with van der Waals surface area (Å²) in [6, 6.07) is 3.57. The molecule has 0 saturated carbocycles. The van der Waals surface area contributed by atoms with Gasteiger partial charge in [0, 0.05) is 42.3 Å². The molecule has 0 saturated heterocycles. The molecule has 0 spiro atoms. The maximum Gasteiger partial charge on any atom is 0.255 e. The highest BCUT2D eigenvalue weighted by atomic mass is 16.2. The Kier molecular flexibility index (Phi) is 6.23. The van der Waals surface area contributed by atoms with Crippen molar-refractivity contribution in [3.05, 3.63) is 46.1 Å². The number of H-pyrrole nitrogens is 1. The summed E-state index contributed by atoms with van der Waals surface area (Å²) in [6.07, 6.45) is 5.19. The van der Waals surface area contributed by atoms with Crippen LogP contribution in [-0.2, 0) is 11.2 Å². The summed E-state index contributed by atoms with van der Waals surface area (Å²) in [6.45, 7) is 7.28. The van der Waals surface area contributed by atoms with Crippen LogP contribution in [0.25, 0.3) is 11.4 Å². The first kappa shape index (κ1) is 17.8. The van der Waals surface area contributed by atoms with Crippen molar-refractivity contribution in [2.45, 2.75) is 40.0 Å². The van der Waals surface area contributed by atoms with Crippen LogP contribution in [-0.4, -0.2) is 38.8 Å². The lowest BCUT2D eigenvalue weighted by molar-refractivity contribution is -0.130. The first-order chi connectivity index (χ1) is 11.6. The fourth-order valence-electron chi connectivity index (χ4n) is 2.63. The predicted octanol–water partition coefficient (Wildman–Crippen LogP) is 2.33. The van der Waals surface area contributed by atoms with Gasteiger partial charge in [0.15, 0.2) is 0 Å². The number of nitrogens with zero attached hydrogens (tertiary/aromatic N) is 3. The number of carbonyl (C=O) groups is 1. The Morgan fingerprint density at radius 3 is 2.33 bits per heavy atom. The lowest BCUT2D eigenvalue weighted by atomic mass is 10.1. The highest BCUT2D eigenvalue weighted by molar-refractivity contribution is 5.79. The second-order valence-corrected chi connectivity index (χ2v) is 5.77. The van der Waals surface area contributed by atoms with Crippen LogP contribution in [0.15, 0.2) is 29.3 Å². The fraction of sp³-hybridized carbons (Fsp3) is 0.444. The molecule has 0 aliphatic heterocycles. The van der Waals surface area contributed by atoms with Crippen LogP contribution in [0.4, 0.5) is 0 Å². The number of aryl methyl sites for hydroxylation is 1. The Labute approximate surface area is 142 Å². The number of carbonyl (C=O) groups excluding carboxylic acids is 1. The zero-order chi connectivity index (χ0) is 17.5. The minimum Gasteiger partial charge on any atom is -0.342 e. The van der Waals surface area contributed by atoms with Gasteiger partial charge < -0.3 is 9.88 Å². The van der Waals surface area contributed by atoms with E-state index >= 15 is 0 Å². The van der Waals surface area contributed by atoms with E-state index in [4.69, 9.17) is 0 Å². The van der Waals surface area contributed by atoms with E-state index in [0.29, 0.717) is 30.2 Å². The van der Waals surface area contributed by atoms with Gasteiger partial charge in [-0.25, -0.2) is 4.98 Å². The molecule has 2 aromatic rings. The summed E-state index contributed by atoms with van der Waals surface area (Å²) in [7, 11) is 0. The molecule has 0 radical (unpaired) electrons. The van der Waals surface area contributed by atoms with Gasteiger partial charge in [0.2, 0.25) is 5.91 Å². The quantitative estimate of drug-likeness (QED) is 0.846. The largest absolute Gasteiger partial charge is 0.342 e. The third-order valence-corrected chi connectivity index (χ3v) is 3.84. The molecule has 0 aliphatic rings. The molecule has 6 heteroatoms. The number of nitrogens with one attached hydrogen (secondary N) is 1. The molecule has 0 fully saturated rings. The molecule has 1 N–H and O–H groups in total. The van der Waals surface area contributed by atoms with E-state index in [1.165, 1.54) is 0 Å². The molecule has 0 bridgehead atoms. The van der Waals surface area contributed by atoms with Crippen molar-refractivity contribution < 1.29 is 4.79 Å². The van der Waals surface area contributed by atoms with Crippen LogP contribution >= 0.6 is 0 Å². The molecule has 24 heavy (non-hydrogen) atoms. The Morgan fingerprint density at radius 1 is 1.17 bits per heavy atom. The van der Waals surface area contributed by atoms with E-state index < -0.39 is 0 Å². The average molecular weight is 328 g/mol. The summed E-state index contributed by atoms with van der Waals surface area (Å²) in [4.78, 5) is 37.9. The molecule has 2 aromatic heterocycles. The van der Waals surface area contributed by atoms with E-state index in [-0.39, 0.29) is 17.9 Å². The van der Waals surface area contributed by atoms with E-state index in [1.54, 1.807) is 31.5 Å². The maximum absolute atomic E-state index is 12.5. The molecule has 2 heterocycles. The predicted molar refractivity (Wildman–Crippen MR) is 93.7 cm³/mol. The zero-order valence-electron chi connectivity index (χ0n) is 14.5. The van der Waals surface area contributed by atoms with Gasteiger partial charge in [0.1, 0.15) is 5.82 Å². The van der Waals surface area contributed by atoms with Gasteiger partial charge in [0.25, 0.3) is 5.56 Å². The fourth-order valence-corrected chi connectivity index (χ4v) is 2.63. The summed E-state index contributed by atoms with van der Waals surface area (Å²) < 4.78 is 0. The van der Waals surface area contributed by atoms with Crippen LogP contribution in [0.1, 0.15) is 37.9 Å². The van der Waals surface area contributed by atoms with Gasteiger partial charge in [0.05, 0.1) is 6.42 Å². The van der Waals surface area contributed by atoms with Crippen molar-refractivity contribution in [2.75, 3.05) is 13.1 Å².